The maximum absolute atomic E-state index is 13.7. The van der Waals surface area contributed by atoms with Gasteiger partial charge < -0.3 is 9.47 Å². The van der Waals surface area contributed by atoms with E-state index >= 15 is 0 Å². The van der Waals surface area contributed by atoms with Gasteiger partial charge in [0.1, 0.15) is 17.3 Å². The molecule has 0 amide bonds. The van der Waals surface area contributed by atoms with Crippen molar-refractivity contribution in [1.29, 1.82) is 0 Å². The lowest BCUT2D eigenvalue weighted by molar-refractivity contribution is 0.391. The maximum Gasteiger partial charge on any atom is 0.137 e. The van der Waals surface area contributed by atoms with Crippen LogP contribution >= 0.6 is 11.9 Å². The van der Waals surface area contributed by atoms with Crippen LogP contribution in [0, 0.1) is 0 Å². The first-order chi connectivity index (χ1) is 10.2. The van der Waals surface area contributed by atoms with Gasteiger partial charge in [-0.25, -0.2) is 4.39 Å². The Morgan fingerprint density at radius 3 is 2.71 bits per heavy atom. The average molecular weight is 309 g/mol. The Labute approximate surface area is 129 Å². The second-order valence-electron chi connectivity index (χ2n) is 4.02. The standard InChI is InChI=1S/C16H20FNO2S/c1-5-7-14(17)16(6-2)21-18-11-12-8-9-13(19-3)10-15(12)20-4/h5-10,18H,2,11H2,1,3-4H3/b7-5-,16-14-. The molecule has 0 spiro atoms. The van der Waals surface area contributed by atoms with E-state index in [1.165, 1.54) is 24.1 Å². The van der Waals surface area contributed by atoms with Crippen molar-refractivity contribution in [3.8, 4) is 11.5 Å². The lowest BCUT2D eigenvalue weighted by atomic mass is 10.2. The number of allylic oxidation sites excluding steroid dienone is 4. The summed E-state index contributed by atoms with van der Waals surface area (Å²) in [5.41, 5.74) is 0.959. The largest absolute Gasteiger partial charge is 0.497 e. The molecular formula is C16H20FNO2S. The molecule has 0 aliphatic carbocycles. The van der Waals surface area contributed by atoms with Crippen molar-refractivity contribution in [1.82, 2.24) is 4.72 Å². The maximum atomic E-state index is 13.7. The van der Waals surface area contributed by atoms with Gasteiger partial charge >= 0.3 is 0 Å². The number of halogens is 1. The molecule has 1 N–H and O–H groups in total. The van der Waals surface area contributed by atoms with Crippen LogP contribution in [0.5, 0.6) is 11.5 Å². The minimum atomic E-state index is -0.313. The van der Waals surface area contributed by atoms with Crippen molar-refractivity contribution in [3.05, 3.63) is 59.3 Å². The molecule has 3 nitrogen and oxygen atoms in total. The molecule has 0 unspecified atom stereocenters. The molecule has 1 aromatic carbocycles. The fourth-order valence-corrected chi connectivity index (χ4v) is 2.24. The number of ether oxygens (including phenoxy) is 2. The van der Waals surface area contributed by atoms with Gasteiger partial charge in [-0.3, -0.25) is 4.72 Å². The summed E-state index contributed by atoms with van der Waals surface area (Å²) < 4.78 is 27.2. The van der Waals surface area contributed by atoms with Crippen molar-refractivity contribution in [3.63, 3.8) is 0 Å². The fraction of sp³-hybridized carbons (Fsp3) is 0.250. The Kier molecular flexibility index (Phi) is 7.64. The highest BCUT2D eigenvalue weighted by Gasteiger charge is 2.06. The zero-order valence-electron chi connectivity index (χ0n) is 12.5. The number of hydrogen-bond acceptors (Lipinski definition) is 4. The van der Waals surface area contributed by atoms with Gasteiger partial charge in [0.15, 0.2) is 0 Å². The second kappa shape index (κ2) is 9.26. The Balaban J connectivity index is 2.71. The molecule has 0 heterocycles. The minimum absolute atomic E-state index is 0.313. The van der Waals surface area contributed by atoms with Crippen molar-refractivity contribution in [2.45, 2.75) is 13.5 Å². The van der Waals surface area contributed by atoms with Crippen molar-refractivity contribution in [2.75, 3.05) is 14.2 Å². The summed E-state index contributed by atoms with van der Waals surface area (Å²) in [4.78, 5) is 0.445. The molecule has 5 heteroatoms. The number of hydrogen-bond donors (Lipinski definition) is 1. The summed E-state index contributed by atoms with van der Waals surface area (Å²) in [6.45, 7) is 5.90. The van der Waals surface area contributed by atoms with Gasteiger partial charge in [-0.05, 0) is 31.0 Å². The molecule has 0 aromatic heterocycles. The molecule has 0 saturated carbocycles. The van der Waals surface area contributed by atoms with Crippen LogP contribution in [0.1, 0.15) is 12.5 Å². The monoisotopic (exact) mass is 309 g/mol. The third-order valence-corrected chi connectivity index (χ3v) is 3.54. The van der Waals surface area contributed by atoms with Crippen LogP contribution in [0.3, 0.4) is 0 Å². The Bertz CT molecular complexity index is 541. The van der Waals surface area contributed by atoms with E-state index in [4.69, 9.17) is 9.47 Å². The molecule has 0 aliphatic heterocycles. The van der Waals surface area contributed by atoms with Crippen LogP contribution in [0.2, 0.25) is 0 Å². The normalized spacial score (nSPS) is 12.2. The molecule has 1 aromatic rings. The third-order valence-electron chi connectivity index (χ3n) is 2.67. The van der Waals surface area contributed by atoms with E-state index in [0.717, 1.165) is 17.1 Å². The number of rotatable bonds is 8. The third kappa shape index (κ3) is 5.28. The summed E-state index contributed by atoms with van der Waals surface area (Å²) in [6.07, 6.45) is 4.53. The van der Waals surface area contributed by atoms with Crippen molar-refractivity contribution < 1.29 is 13.9 Å². The predicted molar refractivity (Wildman–Crippen MR) is 87.1 cm³/mol. The lowest BCUT2D eigenvalue weighted by Gasteiger charge is -2.11. The van der Waals surface area contributed by atoms with Crippen molar-refractivity contribution >= 4 is 11.9 Å². The molecule has 0 bridgehead atoms. The van der Waals surface area contributed by atoms with Gasteiger partial charge in [0, 0.05) is 18.2 Å². The number of methoxy groups -OCH3 is 2. The van der Waals surface area contributed by atoms with Crippen LogP contribution in [0.25, 0.3) is 0 Å². The average Bonchev–Trinajstić information content (AvgIpc) is 2.51. The molecule has 0 atom stereocenters. The second-order valence-corrected chi connectivity index (χ2v) is 4.95. The van der Waals surface area contributed by atoms with E-state index in [1.54, 1.807) is 27.2 Å². The van der Waals surface area contributed by atoms with Crippen LogP contribution in [-0.4, -0.2) is 14.2 Å². The molecular weight excluding hydrogens is 289 g/mol. The molecule has 1 rings (SSSR count). The van der Waals surface area contributed by atoms with Gasteiger partial charge in [-0.15, -0.1) is 0 Å². The number of nitrogens with one attached hydrogen (secondary N) is 1. The summed E-state index contributed by atoms with van der Waals surface area (Å²) >= 11 is 1.19. The molecule has 21 heavy (non-hydrogen) atoms. The van der Waals surface area contributed by atoms with E-state index in [1.807, 2.05) is 18.2 Å². The van der Waals surface area contributed by atoms with Gasteiger partial charge in [-0.1, -0.05) is 24.8 Å². The quantitative estimate of drug-likeness (QED) is 0.570. The SMILES string of the molecule is C=C/C(SNCc1ccc(OC)cc1OC)=C(F)\C=C/C. The van der Waals surface area contributed by atoms with E-state index in [9.17, 15) is 4.39 Å². The zero-order valence-corrected chi connectivity index (χ0v) is 13.3. The highest BCUT2D eigenvalue weighted by atomic mass is 32.2. The lowest BCUT2D eigenvalue weighted by Crippen LogP contribution is -2.05. The Morgan fingerprint density at radius 1 is 1.38 bits per heavy atom. The topological polar surface area (TPSA) is 30.5 Å². The molecule has 0 aliphatic rings. The fourth-order valence-electron chi connectivity index (χ4n) is 1.61. The van der Waals surface area contributed by atoms with Crippen LogP contribution in [-0.2, 0) is 6.54 Å². The van der Waals surface area contributed by atoms with E-state index < -0.39 is 0 Å². The zero-order chi connectivity index (χ0) is 15.7. The molecule has 0 radical (unpaired) electrons. The summed E-state index contributed by atoms with van der Waals surface area (Å²) in [5, 5.41) is 0. The molecule has 0 fully saturated rings. The summed E-state index contributed by atoms with van der Waals surface area (Å²) in [6, 6.07) is 5.58. The highest BCUT2D eigenvalue weighted by Crippen LogP contribution is 2.26. The number of benzene rings is 1. The van der Waals surface area contributed by atoms with Crippen LogP contribution in [0.4, 0.5) is 4.39 Å². The van der Waals surface area contributed by atoms with E-state index in [2.05, 4.69) is 11.3 Å². The predicted octanol–water partition coefficient (Wildman–Crippen LogP) is 4.38. The van der Waals surface area contributed by atoms with Crippen molar-refractivity contribution in [2.24, 2.45) is 0 Å². The summed E-state index contributed by atoms with van der Waals surface area (Å²) in [5.74, 6) is 1.14. The van der Waals surface area contributed by atoms with Gasteiger partial charge in [0.05, 0.1) is 19.1 Å². The van der Waals surface area contributed by atoms with Crippen LogP contribution in [0.15, 0.2) is 53.7 Å². The van der Waals surface area contributed by atoms with Gasteiger partial charge in [-0.2, -0.15) is 0 Å². The van der Waals surface area contributed by atoms with E-state index in [0.29, 0.717) is 11.4 Å². The molecule has 114 valence electrons. The smallest absolute Gasteiger partial charge is 0.137 e. The minimum Gasteiger partial charge on any atom is -0.497 e. The van der Waals surface area contributed by atoms with E-state index in [-0.39, 0.29) is 5.83 Å². The highest BCUT2D eigenvalue weighted by molar-refractivity contribution is 8.01. The van der Waals surface area contributed by atoms with Gasteiger partial charge in [0.25, 0.3) is 0 Å². The first kappa shape index (κ1) is 17.3. The van der Waals surface area contributed by atoms with Crippen LogP contribution < -0.4 is 14.2 Å². The molecule has 0 saturated heterocycles. The Morgan fingerprint density at radius 2 is 2.14 bits per heavy atom. The first-order valence-electron chi connectivity index (χ1n) is 6.41. The van der Waals surface area contributed by atoms with Gasteiger partial charge in [0.2, 0.25) is 0 Å². The summed E-state index contributed by atoms with van der Waals surface area (Å²) in [7, 11) is 3.21. The Hall–Kier alpha value is -1.72. The first-order valence-corrected chi connectivity index (χ1v) is 7.23.